The summed E-state index contributed by atoms with van der Waals surface area (Å²) in [7, 11) is 1.31. The van der Waals surface area contributed by atoms with Crippen molar-refractivity contribution in [3.8, 4) is 0 Å². The Labute approximate surface area is 173 Å². The number of hydrogen-bond donors (Lipinski definition) is 1. The third-order valence-corrected chi connectivity index (χ3v) is 5.37. The van der Waals surface area contributed by atoms with E-state index in [0.29, 0.717) is 34.3 Å². The van der Waals surface area contributed by atoms with E-state index in [2.05, 4.69) is 5.32 Å². The largest absolute Gasteiger partial charge is 0.465 e. The normalized spacial score (nSPS) is 13.8. The lowest BCUT2D eigenvalue weighted by atomic mass is 10.1. The highest BCUT2D eigenvalue weighted by Crippen LogP contribution is 2.18. The fourth-order valence-electron chi connectivity index (χ4n) is 3.78. The first-order valence-electron chi connectivity index (χ1n) is 10.1. The highest BCUT2D eigenvalue weighted by atomic mass is 16.5. The highest BCUT2D eigenvalue weighted by molar-refractivity contribution is 6.06. The number of ether oxygens (including phenoxy) is 1. The maximum absolute atomic E-state index is 12.9. The Morgan fingerprint density at radius 3 is 2.70 bits per heavy atom. The molecule has 0 unspecified atom stereocenters. The molecule has 0 spiro atoms. The number of aromatic nitrogens is 2. The van der Waals surface area contributed by atoms with Crippen LogP contribution in [0.3, 0.4) is 0 Å². The van der Waals surface area contributed by atoms with E-state index in [1.54, 1.807) is 47.0 Å². The molecule has 1 amide bonds. The molecule has 1 aromatic heterocycles. The topological polar surface area (TPSA) is 90.3 Å². The van der Waals surface area contributed by atoms with Gasteiger partial charge in [0, 0.05) is 24.2 Å². The van der Waals surface area contributed by atoms with Crippen LogP contribution in [-0.2, 0) is 17.7 Å². The number of carbonyl (C=O) groups is 2. The Kier molecular flexibility index (Phi) is 5.61. The fraction of sp³-hybridized carbons (Fsp3) is 0.304. The van der Waals surface area contributed by atoms with Gasteiger partial charge in [-0.3, -0.25) is 14.2 Å². The van der Waals surface area contributed by atoms with Gasteiger partial charge < -0.3 is 10.1 Å². The number of nitrogens with one attached hydrogen (secondary N) is 1. The highest BCUT2D eigenvalue weighted by Gasteiger charge is 2.15. The first-order chi connectivity index (χ1) is 14.6. The number of fused-ring (bicyclic) bond motifs is 2. The molecule has 2 heterocycles. The maximum atomic E-state index is 12.9. The van der Waals surface area contributed by atoms with Gasteiger partial charge in [0.25, 0.3) is 11.5 Å². The van der Waals surface area contributed by atoms with Crippen LogP contribution in [-0.4, -0.2) is 28.5 Å². The van der Waals surface area contributed by atoms with Crippen LogP contribution in [0.4, 0.5) is 5.69 Å². The number of anilines is 1. The Balaban J connectivity index is 1.65. The minimum atomic E-state index is -0.474. The minimum absolute atomic E-state index is 0.0466. The molecular formula is C23H23N3O4. The standard InChI is InChI=1S/C23H23N3O4/c1-30-23(29)16-7-6-8-17(13-16)24-21(27)15-10-11-18-19(14-15)25-20-9-4-2-3-5-12-26(20)22(18)28/h6-8,10-11,13-14H,2-5,9,12H2,1H3,(H,24,27). The zero-order valence-electron chi connectivity index (χ0n) is 16.8. The van der Waals surface area contributed by atoms with Crippen LogP contribution in [0, 0.1) is 0 Å². The van der Waals surface area contributed by atoms with E-state index >= 15 is 0 Å². The molecule has 1 N–H and O–H groups in total. The van der Waals surface area contributed by atoms with Crippen molar-refractivity contribution in [1.29, 1.82) is 0 Å². The van der Waals surface area contributed by atoms with Crippen molar-refractivity contribution < 1.29 is 14.3 Å². The number of hydrogen-bond acceptors (Lipinski definition) is 5. The van der Waals surface area contributed by atoms with Gasteiger partial charge in [0.2, 0.25) is 0 Å². The van der Waals surface area contributed by atoms with Gasteiger partial charge in [-0.2, -0.15) is 0 Å². The summed E-state index contributed by atoms with van der Waals surface area (Å²) in [6, 6.07) is 11.5. The quantitative estimate of drug-likeness (QED) is 0.673. The van der Waals surface area contributed by atoms with Crippen LogP contribution in [0.1, 0.15) is 52.2 Å². The van der Waals surface area contributed by atoms with E-state index in [0.717, 1.165) is 37.9 Å². The van der Waals surface area contributed by atoms with Gasteiger partial charge in [0.1, 0.15) is 5.82 Å². The van der Waals surface area contributed by atoms with Gasteiger partial charge in [-0.25, -0.2) is 9.78 Å². The van der Waals surface area contributed by atoms with Crippen molar-refractivity contribution in [3.63, 3.8) is 0 Å². The van der Waals surface area contributed by atoms with Crippen LogP contribution in [0.2, 0.25) is 0 Å². The van der Waals surface area contributed by atoms with Crippen molar-refractivity contribution in [2.75, 3.05) is 12.4 Å². The number of methoxy groups -OCH3 is 1. The molecule has 7 heteroatoms. The monoisotopic (exact) mass is 405 g/mol. The van der Waals surface area contributed by atoms with Crippen LogP contribution in [0.5, 0.6) is 0 Å². The van der Waals surface area contributed by atoms with Gasteiger partial charge in [-0.05, 0) is 49.2 Å². The number of amides is 1. The summed E-state index contributed by atoms with van der Waals surface area (Å²) in [5.41, 5.74) is 1.71. The Hall–Kier alpha value is -3.48. The lowest BCUT2D eigenvalue weighted by molar-refractivity contribution is 0.0600. The molecule has 1 aliphatic rings. The predicted octanol–water partition coefficient (Wildman–Crippen LogP) is 3.55. The van der Waals surface area contributed by atoms with Crippen molar-refractivity contribution >= 4 is 28.5 Å². The molecule has 4 rings (SSSR count). The molecule has 30 heavy (non-hydrogen) atoms. The van der Waals surface area contributed by atoms with E-state index in [-0.39, 0.29) is 11.5 Å². The van der Waals surface area contributed by atoms with E-state index in [9.17, 15) is 14.4 Å². The fourth-order valence-corrected chi connectivity index (χ4v) is 3.78. The van der Waals surface area contributed by atoms with E-state index in [1.807, 2.05) is 0 Å². The van der Waals surface area contributed by atoms with Gasteiger partial charge in [0.15, 0.2) is 0 Å². The molecule has 0 atom stereocenters. The van der Waals surface area contributed by atoms with Crippen molar-refractivity contribution in [2.24, 2.45) is 0 Å². The molecule has 1 aliphatic heterocycles. The number of nitrogens with zero attached hydrogens (tertiary/aromatic N) is 2. The van der Waals surface area contributed by atoms with Crippen molar-refractivity contribution in [1.82, 2.24) is 9.55 Å². The van der Waals surface area contributed by atoms with Gasteiger partial charge in [-0.15, -0.1) is 0 Å². The molecule has 0 saturated heterocycles. The molecule has 3 aromatic rings. The zero-order valence-corrected chi connectivity index (χ0v) is 16.8. The Morgan fingerprint density at radius 2 is 1.87 bits per heavy atom. The number of benzene rings is 2. The van der Waals surface area contributed by atoms with Crippen LogP contribution in [0.25, 0.3) is 10.9 Å². The predicted molar refractivity (Wildman–Crippen MR) is 114 cm³/mol. The second kappa shape index (κ2) is 8.49. The molecule has 2 aromatic carbocycles. The third kappa shape index (κ3) is 3.96. The molecule has 0 fully saturated rings. The van der Waals surface area contributed by atoms with Crippen molar-refractivity contribution in [3.05, 3.63) is 69.8 Å². The summed E-state index contributed by atoms with van der Waals surface area (Å²) in [4.78, 5) is 42.0. The summed E-state index contributed by atoms with van der Waals surface area (Å²) in [6.07, 6.45) is 5.02. The Morgan fingerprint density at radius 1 is 1.03 bits per heavy atom. The molecule has 7 nitrogen and oxygen atoms in total. The summed E-state index contributed by atoms with van der Waals surface area (Å²) >= 11 is 0. The van der Waals surface area contributed by atoms with Gasteiger partial charge in [0.05, 0.1) is 23.6 Å². The second-order valence-electron chi connectivity index (χ2n) is 7.41. The number of rotatable bonds is 3. The molecular weight excluding hydrogens is 382 g/mol. The lowest BCUT2D eigenvalue weighted by Gasteiger charge is -2.16. The van der Waals surface area contributed by atoms with Gasteiger partial charge >= 0.3 is 5.97 Å². The molecule has 0 aliphatic carbocycles. The zero-order chi connectivity index (χ0) is 21.1. The average Bonchev–Trinajstić information content (AvgIpc) is 2.74. The summed E-state index contributed by atoms with van der Waals surface area (Å²) in [5, 5.41) is 3.30. The molecule has 0 radical (unpaired) electrons. The second-order valence-corrected chi connectivity index (χ2v) is 7.41. The average molecular weight is 405 g/mol. The molecule has 0 saturated carbocycles. The molecule has 0 bridgehead atoms. The van der Waals surface area contributed by atoms with Gasteiger partial charge in [-0.1, -0.05) is 18.9 Å². The number of esters is 1. The smallest absolute Gasteiger partial charge is 0.337 e. The van der Waals surface area contributed by atoms with E-state index in [1.165, 1.54) is 7.11 Å². The summed E-state index contributed by atoms with van der Waals surface area (Å²) in [5.74, 6) is -0.0268. The first kappa shape index (κ1) is 19.8. The Bertz CT molecular complexity index is 1180. The number of aryl methyl sites for hydroxylation is 1. The lowest BCUT2D eigenvalue weighted by Crippen LogP contribution is -2.26. The summed E-state index contributed by atoms with van der Waals surface area (Å²) in [6.45, 7) is 0.690. The van der Waals surface area contributed by atoms with Crippen LogP contribution >= 0.6 is 0 Å². The first-order valence-corrected chi connectivity index (χ1v) is 10.1. The van der Waals surface area contributed by atoms with Crippen LogP contribution in [0.15, 0.2) is 47.3 Å². The van der Waals surface area contributed by atoms with Crippen molar-refractivity contribution in [2.45, 2.75) is 38.6 Å². The molecule has 154 valence electrons. The van der Waals surface area contributed by atoms with E-state index < -0.39 is 5.97 Å². The number of carbonyl (C=O) groups excluding carboxylic acids is 2. The van der Waals surface area contributed by atoms with E-state index in [4.69, 9.17) is 9.72 Å². The minimum Gasteiger partial charge on any atom is -0.465 e. The van der Waals surface area contributed by atoms with Crippen LogP contribution < -0.4 is 10.9 Å². The third-order valence-electron chi connectivity index (χ3n) is 5.37. The summed E-state index contributed by atoms with van der Waals surface area (Å²) < 4.78 is 6.49. The SMILES string of the molecule is COC(=O)c1cccc(NC(=O)c2ccc3c(=O)n4c(nc3c2)CCCCCC4)c1. The maximum Gasteiger partial charge on any atom is 0.337 e.